The lowest BCUT2D eigenvalue weighted by molar-refractivity contribution is 0.0534. The molecule has 0 aliphatic carbocycles. The lowest BCUT2D eigenvalue weighted by atomic mass is 9.77. The van der Waals surface area contributed by atoms with Crippen LogP contribution in [0.3, 0.4) is 0 Å². The van der Waals surface area contributed by atoms with Gasteiger partial charge in [0, 0.05) is 37.5 Å². The first kappa shape index (κ1) is 20.6. The van der Waals surface area contributed by atoms with Crippen molar-refractivity contribution in [2.75, 3.05) is 37.6 Å². The lowest BCUT2D eigenvalue weighted by Gasteiger charge is -2.40. The molecule has 6 rings (SSSR count). The fourth-order valence-electron chi connectivity index (χ4n) is 5.80. The smallest absolute Gasteiger partial charge is 0.338 e. The first-order valence-corrected chi connectivity index (χ1v) is 11.8. The van der Waals surface area contributed by atoms with Gasteiger partial charge in [0.2, 0.25) is 0 Å². The van der Waals surface area contributed by atoms with Gasteiger partial charge in [0.25, 0.3) is 0 Å². The highest BCUT2D eigenvalue weighted by atomic mass is 16.5. The van der Waals surface area contributed by atoms with Crippen molar-refractivity contribution < 1.29 is 14.6 Å². The molecular formula is C25H29N5O3. The number of carbonyl (C=O) groups is 1. The number of aromatic nitrogens is 3. The van der Waals surface area contributed by atoms with Crippen molar-refractivity contribution in [1.29, 1.82) is 0 Å². The number of hydrogen-bond acceptors (Lipinski definition) is 7. The molecule has 33 heavy (non-hydrogen) atoms. The first-order chi connectivity index (χ1) is 16.0. The number of piperidine rings is 1. The van der Waals surface area contributed by atoms with Crippen molar-refractivity contribution in [3.05, 3.63) is 58.9 Å². The maximum absolute atomic E-state index is 11.8. The average molecular weight is 448 g/mol. The van der Waals surface area contributed by atoms with Crippen LogP contribution in [0, 0.1) is 12.3 Å². The highest BCUT2D eigenvalue weighted by Crippen LogP contribution is 2.42. The van der Waals surface area contributed by atoms with E-state index in [0.717, 1.165) is 67.2 Å². The zero-order chi connectivity index (χ0) is 22.6. The minimum Gasteiger partial charge on any atom is -0.457 e. The number of anilines is 1. The number of β-amino-alcohol motifs (C(OH)–C–C–N with tert-alkyl or cyclic N) is 1. The van der Waals surface area contributed by atoms with Crippen LogP contribution >= 0.6 is 0 Å². The molecular weight excluding hydrogens is 418 g/mol. The zero-order valence-corrected chi connectivity index (χ0v) is 18.9. The Bertz CT molecular complexity index is 1210. The van der Waals surface area contributed by atoms with Crippen LogP contribution in [0.5, 0.6) is 0 Å². The van der Waals surface area contributed by atoms with Gasteiger partial charge in [0.05, 0.1) is 17.9 Å². The van der Waals surface area contributed by atoms with Gasteiger partial charge in [0.1, 0.15) is 12.4 Å². The molecule has 0 amide bonds. The van der Waals surface area contributed by atoms with E-state index < -0.39 is 6.10 Å². The average Bonchev–Trinajstić information content (AvgIpc) is 3.55. The third-order valence-electron chi connectivity index (χ3n) is 7.92. The summed E-state index contributed by atoms with van der Waals surface area (Å²) in [6.07, 6.45) is 6.65. The van der Waals surface area contributed by atoms with Crippen molar-refractivity contribution in [2.24, 2.45) is 5.41 Å². The van der Waals surface area contributed by atoms with Crippen LogP contribution in [0.2, 0.25) is 0 Å². The Kier molecular flexibility index (Phi) is 4.88. The minimum absolute atomic E-state index is 0.263. The summed E-state index contributed by atoms with van der Waals surface area (Å²) in [5, 5.41) is 15.2. The Morgan fingerprint density at radius 2 is 1.97 bits per heavy atom. The SMILES string of the molecule is Cc1c([C@@H](O)CN2CCC3(CC2)CCN(c2ccn4nccc4n2)C3)ccc2c1COC2=O. The van der Waals surface area contributed by atoms with Crippen LogP contribution in [0.15, 0.2) is 36.7 Å². The number of esters is 1. The van der Waals surface area contributed by atoms with E-state index in [1.165, 1.54) is 6.42 Å². The van der Waals surface area contributed by atoms with Gasteiger partial charge in [-0.15, -0.1) is 0 Å². The van der Waals surface area contributed by atoms with Crippen LogP contribution in [0.4, 0.5) is 5.82 Å². The number of fused-ring (bicyclic) bond motifs is 2. The third-order valence-corrected chi connectivity index (χ3v) is 7.92. The fraction of sp³-hybridized carbons (Fsp3) is 0.480. The molecule has 8 heteroatoms. The number of rotatable bonds is 4. The highest BCUT2D eigenvalue weighted by molar-refractivity contribution is 5.93. The summed E-state index contributed by atoms with van der Waals surface area (Å²) in [6.45, 7) is 6.97. The summed E-state index contributed by atoms with van der Waals surface area (Å²) in [5.41, 5.74) is 4.65. The molecule has 1 aromatic carbocycles. The molecule has 2 fully saturated rings. The van der Waals surface area contributed by atoms with Crippen molar-refractivity contribution in [1.82, 2.24) is 19.5 Å². The first-order valence-electron chi connectivity index (χ1n) is 11.8. The van der Waals surface area contributed by atoms with Gasteiger partial charge in [0.15, 0.2) is 5.65 Å². The van der Waals surface area contributed by atoms with Crippen LogP contribution in [0.1, 0.15) is 52.4 Å². The molecule has 1 atom stereocenters. The summed E-state index contributed by atoms with van der Waals surface area (Å²) < 4.78 is 6.95. The van der Waals surface area contributed by atoms with Gasteiger partial charge < -0.3 is 19.6 Å². The second kappa shape index (κ2) is 7.81. The molecule has 1 spiro atoms. The van der Waals surface area contributed by atoms with Crippen LogP contribution in [0.25, 0.3) is 5.65 Å². The Balaban J connectivity index is 1.08. The van der Waals surface area contributed by atoms with Crippen molar-refractivity contribution in [2.45, 2.75) is 38.9 Å². The number of carbonyl (C=O) groups excluding carboxylic acids is 1. The zero-order valence-electron chi connectivity index (χ0n) is 18.9. The van der Waals surface area contributed by atoms with Gasteiger partial charge in [-0.25, -0.2) is 14.3 Å². The van der Waals surface area contributed by atoms with E-state index in [4.69, 9.17) is 9.72 Å². The van der Waals surface area contributed by atoms with Crippen molar-refractivity contribution in [3.8, 4) is 0 Å². The Hall–Kier alpha value is -2.97. The number of aliphatic hydroxyl groups excluding tert-OH is 1. The van der Waals surface area contributed by atoms with Gasteiger partial charge in [-0.05, 0) is 68.0 Å². The van der Waals surface area contributed by atoms with E-state index in [9.17, 15) is 9.90 Å². The molecule has 8 nitrogen and oxygen atoms in total. The third kappa shape index (κ3) is 3.57. The maximum atomic E-state index is 11.8. The van der Waals surface area contributed by atoms with Crippen molar-refractivity contribution in [3.63, 3.8) is 0 Å². The summed E-state index contributed by atoms with van der Waals surface area (Å²) in [7, 11) is 0. The lowest BCUT2D eigenvalue weighted by Crippen LogP contribution is -2.43. The standard InChI is InChI=1S/C25H29N5O3/c1-17-18(2-3-19-20(17)15-33-24(19)32)21(31)14-28-11-6-25(7-12-28)8-13-29(16-25)22-5-10-30-23(27-22)4-9-26-30/h2-5,9-10,21,31H,6-8,11-16H2,1H3/t21-/m0/s1. The summed E-state index contributed by atoms with van der Waals surface area (Å²) in [5.74, 6) is 0.772. The summed E-state index contributed by atoms with van der Waals surface area (Å²) in [6, 6.07) is 7.68. The molecule has 3 aliphatic heterocycles. The van der Waals surface area contributed by atoms with Gasteiger partial charge in [-0.2, -0.15) is 5.10 Å². The number of benzene rings is 1. The Morgan fingerprint density at radius 3 is 2.82 bits per heavy atom. The Labute approximate surface area is 192 Å². The molecule has 0 radical (unpaired) electrons. The van der Waals surface area contributed by atoms with Crippen LogP contribution < -0.4 is 4.90 Å². The summed E-state index contributed by atoms with van der Waals surface area (Å²) in [4.78, 5) is 21.4. The normalized spacial score (nSPS) is 21.0. The largest absolute Gasteiger partial charge is 0.457 e. The molecule has 3 aliphatic rings. The predicted octanol–water partition coefficient (Wildman–Crippen LogP) is 2.73. The van der Waals surface area contributed by atoms with Gasteiger partial charge >= 0.3 is 5.97 Å². The van der Waals surface area contributed by atoms with Gasteiger partial charge in [-0.3, -0.25) is 0 Å². The second-order valence-electron chi connectivity index (χ2n) is 9.79. The minimum atomic E-state index is -0.563. The number of ether oxygens (including phenoxy) is 1. The molecule has 0 unspecified atom stereocenters. The number of aliphatic hydroxyl groups is 1. The maximum Gasteiger partial charge on any atom is 0.338 e. The number of hydrogen-bond donors (Lipinski definition) is 1. The van der Waals surface area contributed by atoms with E-state index in [-0.39, 0.29) is 5.97 Å². The molecule has 172 valence electrons. The topological polar surface area (TPSA) is 83.2 Å². The van der Waals surface area contributed by atoms with Crippen molar-refractivity contribution >= 4 is 17.4 Å². The highest BCUT2D eigenvalue weighted by Gasteiger charge is 2.41. The fourth-order valence-corrected chi connectivity index (χ4v) is 5.80. The van der Waals surface area contributed by atoms with E-state index in [1.807, 2.05) is 25.3 Å². The second-order valence-corrected chi connectivity index (χ2v) is 9.79. The Morgan fingerprint density at radius 1 is 1.15 bits per heavy atom. The molecule has 3 aromatic rings. The molecule has 1 N–H and O–H groups in total. The van der Waals surface area contributed by atoms with E-state index >= 15 is 0 Å². The number of nitrogens with zero attached hydrogens (tertiary/aromatic N) is 5. The molecule has 0 saturated carbocycles. The van der Waals surface area contributed by atoms with Crippen LogP contribution in [-0.4, -0.2) is 63.3 Å². The summed E-state index contributed by atoms with van der Waals surface area (Å²) >= 11 is 0. The van der Waals surface area contributed by atoms with E-state index in [2.05, 4.69) is 21.0 Å². The number of likely N-dealkylation sites (tertiary alicyclic amines) is 1. The van der Waals surface area contributed by atoms with E-state index in [0.29, 0.717) is 24.1 Å². The molecule has 2 saturated heterocycles. The van der Waals surface area contributed by atoms with Gasteiger partial charge in [-0.1, -0.05) is 6.07 Å². The molecule has 5 heterocycles. The number of cyclic esters (lactones) is 1. The monoisotopic (exact) mass is 447 g/mol. The predicted molar refractivity (Wildman–Crippen MR) is 123 cm³/mol. The van der Waals surface area contributed by atoms with Crippen LogP contribution in [-0.2, 0) is 11.3 Å². The molecule has 2 aromatic heterocycles. The molecule has 0 bridgehead atoms. The van der Waals surface area contributed by atoms with E-state index in [1.54, 1.807) is 16.8 Å². The quantitative estimate of drug-likeness (QED) is 0.616.